The average molecular weight is 425 g/mol. The highest BCUT2D eigenvalue weighted by Crippen LogP contribution is 2.30. The zero-order valence-electron chi connectivity index (χ0n) is 18.2. The summed E-state index contributed by atoms with van der Waals surface area (Å²) in [6.45, 7) is 4.37. The third kappa shape index (κ3) is 4.27. The van der Waals surface area contributed by atoms with E-state index in [1.165, 1.54) is 12.1 Å². The Morgan fingerprint density at radius 2 is 1.71 bits per heavy atom. The van der Waals surface area contributed by atoms with Crippen LogP contribution in [0.25, 0.3) is 11.1 Å². The number of rotatable bonds is 7. The molecule has 164 valence electrons. The number of halogens is 1. The van der Waals surface area contributed by atoms with E-state index in [0.29, 0.717) is 0 Å². The van der Waals surface area contributed by atoms with Crippen molar-refractivity contribution in [2.24, 2.45) is 0 Å². The van der Waals surface area contributed by atoms with Crippen molar-refractivity contribution in [3.63, 3.8) is 0 Å². The maximum absolute atomic E-state index is 13.4. The van der Waals surface area contributed by atoms with E-state index < -0.39 is 0 Å². The third-order valence-electron chi connectivity index (χ3n) is 5.66. The predicted molar refractivity (Wildman–Crippen MR) is 124 cm³/mol. The van der Waals surface area contributed by atoms with Gasteiger partial charge in [-0.05, 0) is 29.8 Å². The first kappa shape index (κ1) is 20.9. The van der Waals surface area contributed by atoms with Gasteiger partial charge in [-0.25, -0.2) is 9.37 Å². The lowest BCUT2D eigenvalue weighted by Gasteiger charge is -2.36. The minimum atomic E-state index is -0.230. The van der Waals surface area contributed by atoms with Crippen LogP contribution in [-0.4, -0.2) is 67.1 Å². The number of anilines is 3. The van der Waals surface area contributed by atoms with Crippen LogP contribution in [0, 0.1) is 5.82 Å². The normalized spacial score (nSPS) is 14.5. The Bertz CT molecular complexity index is 1010. The summed E-state index contributed by atoms with van der Waals surface area (Å²) in [5, 5.41) is 11.0. The molecule has 1 aromatic carbocycles. The molecule has 4 rings (SSSR count). The van der Waals surface area contributed by atoms with Gasteiger partial charge in [-0.1, -0.05) is 12.1 Å². The lowest BCUT2D eigenvalue weighted by Crippen LogP contribution is -2.46. The maximum atomic E-state index is 13.4. The summed E-state index contributed by atoms with van der Waals surface area (Å²) in [4.78, 5) is 11.1. The zero-order chi connectivity index (χ0) is 21.8. The van der Waals surface area contributed by atoms with Gasteiger partial charge < -0.3 is 21.0 Å². The number of nitrogens with one attached hydrogen (secondary N) is 3. The van der Waals surface area contributed by atoms with Gasteiger partial charge in [0.25, 0.3) is 0 Å². The van der Waals surface area contributed by atoms with Gasteiger partial charge in [0.05, 0.1) is 5.56 Å². The Kier molecular flexibility index (Phi) is 6.22. The number of piperazine rings is 1. The standard InChI is InChI=1S/C22H29FN8/c1-24-20-19(21(25-2)31(26-3)28-20)15-29-11-13-30(14-12-29)22-18(5-4-10-27-22)16-6-8-17(23)9-7-16/h4-10,25-26H,11-15H2,1-3H3,(H,24,28). The molecule has 1 fully saturated rings. The van der Waals surface area contributed by atoms with Crippen molar-refractivity contribution < 1.29 is 4.39 Å². The average Bonchev–Trinajstić information content (AvgIpc) is 3.16. The van der Waals surface area contributed by atoms with E-state index in [0.717, 1.165) is 66.9 Å². The van der Waals surface area contributed by atoms with Crippen LogP contribution in [0.4, 0.5) is 21.8 Å². The molecule has 0 aliphatic carbocycles. The second kappa shape index (κ2) is 9.22. The second-order valence-corrected chi connectivity index (χ2v) is 7.46. The van der Waals surface area contributed by atoms with Gasteiger partial charge in [0.1, 0.15) is 11.6 Å². The summed E-state index contributed by atoms with van der Waals surface area (Å²) in [7, 11) is 5.65. The molecule has 1 aliphatic rings. The van der Waals surface area contributed by atoms with E-state index in [1.54, 1.807) is 4.79 Å². The highest BCUT2D eigenvalue weighted by molar-refractivity contribution is 5.75. The number of pyridine rings is 1. The predicted octanol–water partition coefficient (Wildman–Crippen LogP) is 2.66. The van der Waals surface area contributed by atoms with Crippen LogP contribution in [0.15, 0.2) is 42.6 Å². The molecule has 9 heteroatoms. The summed E-state index contributed by atoms with van der Waals surface area (Å²) in [5.41, 5.74) is 6.22. The molecule has 3 N–H and O–H groups in total. The summed E-state index contributed by atoms with van der Waals surface area (Å²) in [6, 6.07) is 10.6. The molecule has 0 radical (unpaired) electrons. The first-order valence-electron chi connectivity index (χ1n) is 10.5. The van der Waals surface area contributed by atoms with Crippen LogP contribution in [0.2, 0.25) is 0 Å². The monoisotopic (exact) mass is 424 g/mol. The molecule has 0 atom stereocenters. The van der Waals surface area contributed by atoms with Gasteiger partial charge in [0.2, 0.25) is 0 Å². The van der Waals surface area contributed by atoms with E-state index in [1.807, 2.05) is 51.6 Å². The molecule has 0 spiro atoms. The fourth-order valence-electron chi connectivity index (χ4n) is 4.06. The first-order valence-corrected chi connectivity index (χ1v) is 10.5. The van der Waals surface area contributed by atoms with Crippen molar-refractivity contribution in [3.05, 3.63) is 54.0 Å². The molecule has 1 saturated heterocycles. The van der Waals surface area contributed by atoms with Crippen LogP contribution in [0.1, 0.15) is 5.56 Å². The molecule has 1 aliphatic heterocycles. The molecule has 3 aromatic rings. The summed E-state index contributed by atoms with van der Waals surface area (Å²) in [6.07, 6.45) is 1.82. The van der Waals surface area contributed by atoms with Crippen molar-refractivity contribution in [1.82, 2.24) is 19.8 Å². The fraction of sp³-hybridized carbons (Fsp3) is 0.364. The molecular formula is C22H29FN8. The lowest BCUT2D eigenvalue weighted by atomic mass is 10.1. The zero-order valence-corrected chi connectivity index (χ0v) is 18.2. The molecule has 0 amide bonds. The Morgan fingerprint density at radius 1 is 0.968 bits per heavy atom. The molecule has 0 bridgehead atoms. The summed E-state index contributed by atoms with van der Waals surface area (Å²) < 4.78 is 13.4. The van der Waals surface area contributed by atoms with Crippen molar-refractivity contribution >= 4 is 17.5 Å². The number of aromatic nitrogens is 3. The van der Waals surface area contributed by atoms with Gasteiger partial charge in [-0.15, -0.1) is 5.10 Å². The van der Waals surface area contributed by atoms with Crippen LogP contribution in [0.3, 0.4) is 0 Å². The Hall–Kier alpha value is -3.33. The number of benzene rings is 1. The molecule has 3 heterocycles. The highest BCUT2D eigenvalue weighted by atomic mass is 19.1. The largest absolute Gasteiger partial charge is 0.371 e. The summed E-state index contributed by atoms with van der Waals surface area (Å²) in [5.74, 6) is 2.54. The van der Waals surface area contributed by atoms with E-state index in [9.17, 15) is 4.39 Å². The molecule has 31 heavy (non-hydrogen) atoms. The highest BCUT2D eigenvalue weighted by Gasteiger charge is 2.24. The molecule has 0 unspecified atom stereocenters. The second-order valence-electron chi connectivity index (χ2n) is 7.46. The van der Waals surface area contributed by atoms with Crippen LogP contribution < -0.4 is 21.0 Å². The molecule has 0 saturated carbocycles. The SMILES string of the molecule is CNc1nn(NC)c(NC)c1CN1CCN(c2ncccc2-c2ccc(F)cc2)CC1. The summed E-state index contributed by atoms with van der Waals surface area (Å²) >= 11 is 0. The smallest absolute Gasteiger partial charge is 0.156 e. The van der Waals surface area contributed by atoms with E-state index in [2.05, 4.69) is 35.9 Å². The molecule has 8 nitrogen and oxygen atoms in total. The Morgan fingerprint density at radius 3 is 2.35 bits per heavy atom. The third-order valence-corrected chi connectivity index (χ3v) is 5.66. The van der Waals surface area contributed by atoms with Gasteiger partial charge in [-0.3, -0.25) is 4.90 Å². The van der Waals surface area contributed by atoms with E-state index in [-0.39, 0.29) is 5.82 Å². The van der Waals surface area contributed by atoms with Crippen molar-refractivity contribution in [2.45, 2.75) is 6.54 Å². The number of hydrogen-bond donors (Lipinski definition) is 3. The van der Waals surface area contributed by atoms with Crippen molar-refractivity contribution in [3.8, 4) is 11.1 Å². The van der Waals surface area contributed by atoms with Gasteiger partial charge in [0, 0.05) is 65.6 Å². The lowest BCUT2D eigenvalue weighted by molar-refractivity contribution is 0.250. The maximum Gasteiger partial charge on any atom is 0.156 e. The van der Waals surface area contributed by atoms with E-state index in [4.69, 9.17) is 0 Å². The Balaban J connectivity index is 1.48. The Labute approximate surface area is 182 Å². The number of hydrogen-bond acceptors (Lipinski definition) is 7. The van der Waals surface area contributed by atoms with Crippen LogP contribution in [0.5, 0.6) is 0 Å². The van der Waals surface area contributed by atoms with E-state index >= 15 is 0 Å². The minimum absolute atomic E-state index is 0.230. The van der Waals surface area contributed by atoms with Gasteiger partial charge in [-0.2, -0.15) is 4.79 Å². The topological polar surface area (TPSA) is 73.3 Å². The van der Waals surface area contributed by atoms with Crippen LogP contribution in [-0.2, 0) is 6.54 Å². The van der Waals surface area contributed by atoms with Gasteiger partial charge >= 0.3 is 0 Å². The fourth-order valence-corrected chi connectivity index (χ4v) is 4.06. The first-order chi connectivity index (χ1) is 15.1. The van der Waals surface area contributed by atoms with Gasteiger partial charge in [0.15, 0.2) is 11.6 Å². The van der Waals surface area contributed by atoms with Crippen molar-refractivity contribution in [2.75, 3.05) is 68.3 Å². The quantitative estimate of drug-likeness (QED) is 0.539. The van der Waals surface area contributed by atoms with Crippen molar-refractivity contribution in [1.29, 1.82) is 0 Å². The molecular weight excluding hydrogens is 395 g/mol. The van der Waals surface area contributed by atoms with Crippen LogP contribution >= 0.6 is 0 Å². The molecule has 2 aromatic heterocycles. The minimum Gasteiger partial charge on any atom is -0.371 e. The number of nitrogens with zero attached hydrogens (tertiary/aromatic N) is 5.